The lowest BCUT2D eigenvalue weighted by Crippen LogP contribution is -2.30. The van der Waals surface area contributed by atoms with E-state index in [0.29, 0.717) is 22.0 Å². The number of hydrogen-bond acceptors (Lipinski definition) is 6. The first-order chi connectivity index (χ1) is 12.6. The van der Waals surface area contributed by atoms with E-state index < -0.39 is 0 Å². The van der Waals surface area contributed by atoms with Gasteiger partial charge in [-0.2, -0.15) is 0 Å². The second-order valence-electron chi connectivity index (χ2n) is 6.56. The summed E-state index contributed by atoms with van der Waals surface area (Å²) in [5.74, 6) is 6.57. The molecule has 2 N–H and O–H groups in total. The van der Waals surface area contributed by atoms with Gasteiger partial charge in [0.2, 0.25) is 0 Å². The van der Waals surface area contributed by atoms with E-state index >= 15 is 0 Å². The van der Waals surface area contributed by atoms with Crippen molar-refractivity contribution in [2.24, 2.45) is 0 Å². The summed E-state index contributed by atoms with van der Waals surface area (Å²) >= 11 is 2.80. The molecule has 2 aromatic heterocycles. The predicted molar refractivity (Wildman–Crippen MR) is 107 cm³/mol. The minimum absolute atomic E-state index is 0.0101. The number of benzene rings is 1. The van der Waals surface area contributed by atoms with Gasteiger partial charge in [-0.3, -0.25) is 9.59 Å². The summed E-state index contributed by atoms with van der Waals surface area (Å²) < 4.78 is 1.10. The lowest BCUT2D eigenvalue weighted by molar-refractivity contribution is 0.102. The number of Topliss-reactive ketones (excluding diaryl/α,β-unsaturated/α-hetero) is 1. The standard InChI is InChI=1S/C19H19N3O2S2/c1-11-6-5-9-14-15(11)16-17(26-14)21-19(22(20)18(16)24)25-10-13(23)12-7-3-2-4-8-12/h2-4,7-8,11H,5-6,9-10,20H2,1H3/t11-/m0/s1. The van der Waals surface area contributed by atoms with Crippen molar-refractivity contribution in [3.8, 4) is 0 Å². The van der Waals surface area contributed by atoms with Crippen LogP contribution in [0.15, 0.2) is 40.3 Å². The number of fused-ring (bicyclic) bond motifs is 3. The number of rotatable bonds is 4. The van der Waals surface area contributed by atoms with E-state index in [9.17, 15) is 9.59 Å². The summed E-state index contributed by atoms with van der Waals surface area (Å²) in [6.07, 6.45) is 3.23. The number of hydrogen-bond donors (Lipinski definition) is 1. The molecule has 3 aromatic rings. The van der Waals surface area contributed by atoms with E-state index in [0.717, 1.165) is 34.3 Å². The Kier molecular flexibility index (Phi) is 4.58. The third-order valence-corrected chi connectivity index (χ3v) is 6.91. The molecule has 0 saturated heterocycles. The maximum atomic E-state index is 12.8. The van der Waals surface area contributed by atoms with Crippen molar-refractivity contribution < 1.29 is 4.79 Å². The van der Waals surface area contributed by atoms with Gasteiger partial charge in [0.25, 0.3) is 5.56 Å². The maximum absolute atomic E-state index is 12.8. The second-order valence-corrected chi connectivity index (χ2v) is 8.59. The highest BCUT2D eigenvalue weighted by Crippen LogP contribution is 2.40. The number of ketones is 1. The molecular formula is C19H19N3O2S2. The zero-order valence-corrected chi connectivity index (χ0v) is 16.0. The van der Waals surface area contributed by atoms with E-state index in [1.165, 1.54) is 16.6 Å². The quantitative estimate of drug-likeness (QED) is 0.321. The molecule has 0 radical (unpaired) electrons. The third-order valence-electron chi connectivity index (χ3n) is 4.80. The van der Waals surface area contributed by atoms with E-state index in [1.807, 2.05) is 18.2 Å². The highest BCUT2D eigenvalue weighted by molar-refractivity contribution is 7.99. The lowest BCUT2D eigenvalue weighted by atomic mass is 9.88. The van der Waals surface area contributed by atoms with Crippen LogP contribution in [0.25, 0.3) is 10.2 Å². The highest BCUT2D eigenvalue weighted by atomic mass is 32.2. The fraction of sp³-hybridized carbons (Fsp3) is 0.316. The van der Waals surface area contributed by atoms with Crippen LogP contribution in [0.4, 0.5) is 0 Å². The fourth-order valence-electron chi connectivity index (χ4n) is 3.47. The summed E-state index contributed by atoms with van der Waals surface area (Å²) in [5.41, 5.74) is 1.56. The highest BCUT2D eigenvalue weighted by Gasteiger charge is 2.26. The number of aromatic nitrogens is 2. The van der Waals surface area contributed by atoms with E-state index in [2.05, 4.69) is 11.9 Å². The normalized spacial score (nSPS) is 16.6. The minimum atomic E-state index is -0.212. The van der Waals surface area contributed by atoms with Crippen molar-refractivity contribution in [1.29, 1.82) is 0 Å². The lowest BCUT2D eigenvalue weighted by Gasteiger charge is -2.18. The first kappa shape index (κ1) is 17.3. The molecule has 0 bridgehead atoms. The molecule has 1 aromatic carbocycles. The van der Waals surface area contributed by atoms with Crippen LogP contribution in [0.1, 0.15) is 46.5 Å². The van der Waals surface area contributed by atoms with Crippen molar-refractivity contribution in [2.75, 3.05) is 11.6 Å². The number of thiophene rings is 1. The average molecular weight is 386 g/mol. The van der Waals surface area contributed by atoms with Crippen LogP contribution in [-0.2, 0) is 6.42 Å². The molecule has 2 heterocycles. The molecule has 0 fully saturated rings. The van der Waals surface area contributed by atoms with Crippen molar-refractivity contribution in [1.82, 2.24) is 9.66 Å². The van der Waals surface area contributed by atoms with Crippen molar-refractivity contribution in [3.05, 3.63) is 56.7 Å². The number of carbonyl (C=O) groups excluding carboxylic acids is 1. The first-order valence-corrected chi connectivity index (χ1v) is 10.4. The number of carbonyl (C=O) groups is 1. The fourth-order valence-corrected chi connectivity index (χ4v) is 5.66. The molecule has 0 saturated carbocycles. The number of nitrogens with zero attached hydrogens (tertiary/aromatic N) is 2. The molecular weight excluding hydrogens is 366 g/mol. The van der Waals surface area contributed by atoms with E-state index in [4.69, 9.17) is 5.84 Å². The second kappa shape index (κ2) is 6.89. The Morgan fingerprint density at radius 1 is 1.38 bits per heavy atom. The molecule has 26 heavy (non-hydrogen) atoms. The summed E-state index contributed by atoms with van der Waals surface area (Å²) in [5, 5.41) is 1.05. The largest absolute Gasteiger partial charge is 0.334 e. The van der Waals surface area contributed by atoms with E-state index in [1.54, 1.807) is 23.5 Å². The number of nitrogens with two attached hydrogens (primary N) is 1. The molecule has 1 aliphatic rings. The Morgan fingerprint density at radius 3 is 2.92 bits per heavy atom. The predicted octanol–water partition coefficient (Wildman–Crippen LogP) is 3.59. The van der Waals surface area contributed by atoms with Crippen LogP contribution in [-0.4, -0.2) is 21.2 Å². The van der Waals surface area contributed by atoms with Crippen LogP contribution in [0.3, 0.4) is 0 Å². The number of thioether (sulfide) groups is 1. The van der Waals surface area contributed by atoms with Gasteiger partial charge in [0, 0.05) is 10.4 Å². The van der Waals surface area contributed by atoms with E-state index in [-0.39, 0.29) is 17.1 Å². The van der Waals surface area contributed by atoms with Gasteiger partial charge >= 0.3 is 0 Å². The van der Waals surface area contributed by atoms with Gasteiger partial charge in [-0.15, -0.1) is 11.3 Å². The maximum Gasteiger partial charge on any atom is 0.281 e. The molecule has 5 nitrogen and oxygen atoms in total. The van der Waals surface area contributed by atoms with Crippen LogP contribution >= 0.6 is 23.1 Å². The van der Waals surface area contributed by atoms with Gasteiger partial charge in [0.15, 0.2) is 10.9 Å². The van der Waals surface area contributed by atoms with Crippen LogP contribution in [0.2, 0.25) is 0 Å². The van der Waals surface area contributed by atoms with Gasteiger partial charge in [-0.05, 0) is 30.7 Å². The molecule has 4 rings (SSSR count). The first-order valence-electron chi connectivity index (χ1n) is 8.60. The molecule has 134 valence electrons. The smallest absolute Gasteiger partial charge is 0.281 e. The zero-order valence-electron chi connectivity index (χ0n) is 14.4. The molecule has 0 amide bonds. The van der Waals surface area contributed by atoms with Crippen LogP contribution < -0.4 is 11.4 Å². The van der Waals surface area contributed by atoms with Gasteiger partial charge < -0.3 is 5.84 Å². The summed E-state index contributed by atoms with van der Waals surface area (Å²) in [6.45, 7) is 2.16. The Labute approximate surface area is 159 Å². The minimum Gasteiger partial charge on any atom is -0.334 e. The van der Waals surface area contributed by atoms with Gasteiger partial charge in [0.1, 0.15) is 4.83 Å². The Bertz CT molecular complexity index is 1040. The monoisotopic (exact) mass is 385 g/mol. The zero-order chi connectivity index (χ0) is 18.3. The summed E-state index contributed by atoms with van der Waals surface area (Å²) in [4.78, 5) is 31.8. The van der Waals surface area contributed by atoms with Gasteiger partial charge in [-0.1, -0.05) is 49.0 Å². The molecule has 0 aliphatic heterocycles. The van der Waals surface area contributed by atoms with Gasteiger partial charge in [-0.25, -0.2) is 9.66 Å². The van der Waals surface area contributed by atoms with Crippen LogP contribution in [0.5, 0.6) is 0 Å². The van der Waals surface area contributed by atoms with Crippen molar-refractivity contribution in [3.63, 3.8) is 0 Å². The summed E-state index contributed by atoms with van der Waals surface area (Å²) in [6, 6.07) is 9.10. The molecule has 1 aliphatic carbocycles. The molecule has 7 heteroatoms. The Hall–Kier alpha value is -2.12. The summed E-state index contributed by atoms with van der Waals surface area (Å²) in [7, 11) is 0. The SMILES string of the molecule is C[C@H]1CCCc2sc3nc(SCC(=O)c4ccccc4)n(N)c(=O)c3c21. The number of nitrogen functional groups attached to an aromatic ring is 1. The Morgan fingerprint density at radius 2 is 2.15 bits per heavy atom. The topological polar surface area (TPSA) is 78.0 Å². The Balaban J connectivity index is 1.68. The molecule has 1 atom stereocenters. The molecule has 0 unspecified atom stereocenters. The number of aryl methyl sites for hydroxylation is 1. The van der Waals surface area contributed by atoms with Crippen molar-refractivity contribution in [2.45, 2.75) is 37.3 Å². The third kappa shape index (κ3) is 2.95. The average Bonchev–Trinajstić information content (AvgIpc) is 3.03. The van der Waals surface area contributed by atoms with Crippen molar-refractivity contribution >= 4 is 39.1 Å². The van der Waals surface area contributed by atoms with Crippen LogP contribution in [0, 0.1) is 0 Å². The molecule has 0 spiro atoms. The van der Waals surface area contributed by atoms with Gasteiger partial charge in [0.05, 0.1) is 11.1 Å².